The standard InChI is InChI=1S/C12H16N2O2S/c1-9-3-4-11(17-9)10(15)7-14-6-5-13(2)12(16)8-14/h3-4H,5-8H2,1-2H3. The van der Waals surface area contributed by atoms with Crippen molar-refractivity contribution in [1.29, 1.82) is 0 Å². The fourth-order valence-electron chi connectivity index (χ4n) is 1.81. The maximum absolute atomic E-state index is 12.0. The van der Waals surface area contributed by atoms with E-state index in [1.54, 1.807) is 11.9 Å². The van der Waals surface area contributed by atoms with E-state index in [0.717, 1.165) is 16.3 Å². The summed E-state index contributed by atoms with van der Waals surface area (Å²) in [6.45, 7) is 4.17. The fourth-order valence-corrected chi connectivity index (χ4v) is 2.60. The normalized spacial score (nSPS) is 17.5. The number of ketones is 1. The molecule has 1 aliphatic rings. The molecule has 0 saturated carbocycles. The number of amides is 1. The molecule has 0 atom stereocenters. The largest absolute Gasteiger partial charge is 0.343 e. The number of Topliss-reactive ketones (excluding diaryl/α,β-unsaturated/α-hetero) is 1. The molecule has 17 heavy (non-hydrogen) atoms. The Kier molecular flexibility index (Phi) is 3.59. The zero-order valence-corrected chi connectivity index (χ0v) is 10.9. The van der Waals surface area contributed by atoms with Gasteiger partial charge in [0, 0.05) is 25.0 Å². The average Bonchev–Trinajstić information content (AvgIpc) is 2.70. The number of hydrogen-bond acceptors (Lipinski definition) is 4. The molecule has 1 aromatic heterocycles. The lowest BCUT2D eigenvalue weighted by molar-refractivity contribution is -0.134. The molecule has 1 aliphatic heterocycles. The molecule has 0 radical (unpaired) electrons. The number of thiophene rings is 1. The Morgan fingerprint density at radius 2 is 2.18 bits per heavy atom. The average molecular weight is 252 g/mol. The maximum atomic E-state index is 12.0. The summed E-state index contributed by atoms with van der Waals surface area (Å²) in [4.78, 5) is 29.0. The molecule has 2 rings (SSSR count). The van der Waals surface area contributed by atoms with Gasteiger partial charge in [-0.25, -0.2) is 0 Å². The van der Waals surface area contributed by atoms with Gasteiger partial charge in [-0.2, -0.15) is 0 Å². The number of aryl methyl sites for hydroxylation is 1. The predicted molar refractivity (Wildman–Crippen MR) is 67.5 cm³/mol. The minimum atomic E-state index is 0.0893. The second kappa shape index (κ2) is 4.98. The van der Waals surface area contributed by atoms with Crippen LogP contribution >= 0.6 is 11.3 Å². The second-order valence-corrected chi connectivity index (χ2v) is 5.65. The van der Waals surface area contributed by atoms with E-state index in [0.29, 0.717) is 19.6 Å². The van der Waals surface area contributed by atoms with Gasteiger partial charge in [-0.05, 0) is 19.1 Å². The Balaban J connectivity index is 1.93. The number of carbonyl (C=O) groups excluding carboxylic acids is 2. The molecule has 0 N–H and O–H groups in total. The van der Waals surface area contributed by atoms with E-state index in [2.05, 4.69) is 0 Å². The topological polar surface area (TPSA) is 40.6 Å². The van der Waals surface area contributed by atoms with Crippen LogP contribution in [0.1, 0.15) is 14.5 Å². The highest BCUT2D eigenvalue weighted by Gasteiger charge is 2.23. The summed E-state index contributed by atoms with van der Waals surface area (Å²) >= 11 is 1.51. The van der Waals surface area contributed by atoms with Crippen molar-refractivity contribution in [3.05, 3.63) is 21.9 Å². The number of likely N-dealkylation sites (N-methyl/N-ethyl adjacent to an activating group) is 1. The first-order chi connectivity index (χ1) is 8.06. The Hall–Kier alpha value is -1.20. The molecule has 2 heterocycles. The van der Waals surface area contributed by atoms with Gasteiger partial charge in [0.25, 0.3) is 0 Å². The Morgan fingerprint density at radius 1 is 1.41 bits per heavy atom. The van der Waals surface area contributed by atoms with Crippen LogP contribution in [0.25, 0.3) is 0 Å². The van der Waals surface area contributed by atoms with Crippen LogP contribution in [0.5, 0.6) is 0 Å². The lowest BCUT2D eigenvalue weighted by atomic mass is 10.2. The number of carbonyl (C=O) groups is 2. The summed E-state index contributed by atoms with van der Waals surface area (Å²) in [6, 6.07) is 3.81. The second-order valence-electron chi connectivity index (χ2n) is 4.36. The van der Waals surface area contributed by atoms with Gasteiger partial charge in [0.1, 0.15) is 0 Å². The molecule has 92 valence electrons. The fraction of sp³-hybridized carbons (Fsp3) is 0.500. The Morgan fingerprint density at radius 3 is 2.76 bits per heavy atom. The quantitative estimate of drug-likeness (QED) is 0.754. The number of piperazine rings is 1. The van der Waals surface area contributed by atoms with E-state index >= 15 is 0 Å². The first kappa shape index (κ1) is 12.3. The van der Waals surface area contributed by atoms with Crippen molar-refractivity contribution in [3.63, 3.8) is 0 Å². The molecule has 0 spiro atoms. The van der Waals surface area contributed by atoms with Crippen LogP contribution < -0.4 is 0 Å². The molecule has 4 nitrogen and oxygen atoms in total. The van der Waals surface area contributed by atoms with E-state index in [1.165, 1.54) is 11.3 Å². The van der Waals surface area contributed by atoms with Gasteiger partial charge in [-0.15, -0.1) is 11.3 Å². The van der Waals surface area contributed by atoms with Crippen LogP contribution in [0.15, 0.2) is 12.1 Å². The van der Waals surface area contributed by atoms with Gasteiger partial charge in [0.2, 0.25) is 5.91 Å². The lowest BCUT2D eigenvalue weighted by Crippen LogP contribution is -2.49. The zero-order valence-electron chi connectivity index (χ0n) is 10.1. The van der Waals surface area contributed by atoms with Crippen molar-refractivity contribution in [2.24, 2.45) is 0 Å². The SMILES string of the molecule is Cc1ccc(C(=O)CN2CCN(C)C(=O)C2)s1. The number of rotatable bonds is 3. The van der Waals surface area contributed by atoms with E-state index in [9.17, 15) is 9.59 Å². The molecule has 0 bridgehead atoms. The van der Waals surface area contributed by atoms with Crippen LogP contribution in [0, 0.1) is 6.92 Å². The summed E-state index contributed by atoms with van der Waals surface area (Å²) in [7, 11) is 1.80. The minimum Gasteiger partial charge on any atom is -0.343 e. The molecule has 0 unspecified atom stereocenters. The predicted octanol–water partition coefficient (Wildman–Crippen LogP) is 1.01. The van der Waals surface area contributed by atoms with E-state index in [1.807, 2.05) is 24.0 Å². The summed E-state index contributed by atoms with van der Waals surface area (Å²) < 4.78 is 0. The summed E-state index contributed by atoms with van der Waals surface area (Å²) in [5, 5.41) is 0. The molecule has 1 saturated heterocycles. The van der Waals surface area contributed by atoms with Crippen LogP contribution in [-0.4, -0.2) is 54.7 Å². The van der Waals surface area contributed by atoms with Crippen molar-refractivity contribution in [3.8, 4) is 0 Å². The molecule has 0 aliphatic carbocycles. The van der Waals surface area contributed by atoms with Gasteiger partial charge in [-0.1, -0.05) is 0 Å². The maximum Gasteiger partial charge on any atom is 0.236 e. The van der Waals surface area contributed by atoms with Crippen molar-refractivity contribution < 1.29 is 9.59 Å². The molecule has 1 fully saturated rings. The van der Waals surface area contributed by atoms with E-state index < -0.39 is 0 Å². The van der Waals surface area contributed by atoms with Crippen molar-refractivity contribution in [1.82, 2.24) is 9.80 Å². The van der Waals surface area contributed by atoms with Gasteiger partial charge in [0.15, 0.2) is 5.78 Å². The summed E-state index contributed by atoms with van der Waals surface area (Å²) in [5.74, 6) is 0.201. The molecular formula is C12H16N2O2S. The third kappa shape index (κ3) is 2.92. The van der Waals surface area contributed by atoms with Crippen molar-refractivity contribution in [2.45, 2.75) is 6.92 Å². The smallest absolute Gasteiger partial charge is 0.236 e. The molecule has 0 aromatic carbocycles. The first-order valence-corrected chi connectivity index (χ1v) is 6.44. The highest BCUT2D eigenvalue weighted by molar-refractivity contribution is 7.14. The third-order valence-electron chi connectivity index (χ3n) is 2.92. The third-order valence-corrected chi connectivity index (χ3v) is 3.96. The Bertz CT molecular complexity index is 441. The number of nitrogens with zero attached hydrogens (tertiary/aromatic N) is 2. The Labute approximate surface area is 105 Å². The summed E-state index contributed by atoms with van der Waals surface area (Å²) in [5.41, 5.74) is 0. The van der Waals surface area contributed by atoms with Gasteiger partial charge < -0.3 is 4.90 Å². The van der Waals surface area contributed by atoms with Gasteiger partial charge in [-0.3, -0.25) is 14.5 Å². The highest BCUT2D eigenvalue weighted by Crippen LogP contribution is 2.16. The van der Waals surface area contributed by atoms with Gasteiger partial charge >= 0.3 is 0 Å². The van der Waals surface area contributed by atoms with Crippen molar-refractivity contribution >= 4 is 23.0 Å². The highest BCUT2D eigenvalue weighted by atomic mass is 32.1. The van der Waals surface area contributed by atoms with Crippen LogP contribution in [0.2, 0.25) is 0 Å². The van der Waals surface area contributed by atoms with Crippen LogP contribution in [0.3, 0.4) is 0 Å². The minimum absolute atomic E-state index is 0.0893. The monoisotopic (exact) mass is 252 g/mol. The summed E-state index contributed by atoms with van der Waals surface area (Å²) in [6.07, 6.45) is 0. The molecule has 1 aromatic rings. The number of hydrogen-bond donors (Lipinski definition) is 0. The molecule has 5 heteroatoms. The van der Waals surface area contributed by atoms with Crippen LogP contribution in [0.4, 0.5) is 0 Å². The lowest BCUT2D eigenvalue weighted by Gasteiger charge is -2.31. The molecule has 1 amide bonds. The van der Waals surface area contributed by atoms with E-state index in [4.69, 9.17) is 0 Å². The zero-order chi connectivity index (χ0) is 12.4. The van der Waals surface area contributed by atoms with Crippen molar-refractivity contribution in [2.75, 3.05) is 33.2 Å². The first-order valence-electron chi connectivity index (χ1n) is 5.62. The molecular weight excluding hydrogens is 236 g/mol. The van der Waals surface area contributed by atoms with Crippen LogP contribution in [-0.2, 0) is 4.79 Å². The van der Waals surface area contributed by atoms with Gasteiger partial charge in [0.05, 0.1) is 18.0 Å². The van der Waals surface area contributed by atoms with E-state index in [-0.39, 0.29) is 11.7 Å².